The van der Waals surface area contributed by atoms with E-state index in [2.05, 4.69) is 57.2 Å². The standard InChI is InChI=1S/C33H46O5/c1-5-33(6-2,27-14-13-26(24(3)21-27)17-20-32(37)18-8-7-9-19-32)28-15-16-30(25(4)22-28)38-23-29(34)11-10-12-31(35)36/h13-17,20-22,29,34,37H,5-12,18-19,23H2,1-4H3,(H,35,36). The topological polar surface area (TPSA) is 87.0 Å². The van der Waals surface area contributed by atoms with Crippen molar-refractivity contribution in [3.05, 3.63) is 70.3 Å². The first-order valence-corrected chi connectivity index (χ1v) is 14.3. The van der Waals surface area contributed by atoms with Crippen molar-refractivity contribution >= 4 is 12.0 Å². The minimum Gasteiger partial charge on any atom is -0.491 e. The van der Waals surface area contributed by atoms with Gasteiger partial charge in [0.2, 0.25) is 0 Å². The van der Waals surface area contributed by atoms with Gasteiger partial charge in [0.05, 0.1) is 11.7 Å². The first-order chi connectivity index (χ1) is 18.1. The van der Waals surface area contributed by atoms with Crippen molar-refractivity contribution in [1.82, 2.24) is 0 Å². The van der Waals surface area contributed by atoms with Gasteiger partial charge < -0.3 is 20.1 Å². The van der Waals surface area contributed by atoms with Gasteiger partial charge in [0.1, 0.15) is 12.4 Å². The fourth-order valence-corrected chi connectivity index (χ4v) is 5.84. The van der Waals surface area contributed by atoms with E-state index in [1.165, 1.54) is 23.1 Å². The lowest BCUT2D eigenvalue weighted by Crippen LogP contribution is -2.28. The molecule has 2 aromatic carbocycles. The minimum absolute atomic E-state index is 0.0554. The second-order valence-corrected chi connectivity index (χ2v) is 11.1. The predicted octanol–water partition coefficient (Wildman–Crippen LogP) is 7.11. The van der Waals surface area contributed by atoms with Crippen LogP contribution in [0.15, 0.2) is 42.5 Å². The molecule has 1 saturated carbocycles. The Labute approximate surface area is 228 Å². The molecule has 0 spiro atoms. The highest BCUT2D eigenvalue weighted by Crippen LogP contribution is 2.41. The molecule has 1 unspecified atom stereocenters. The van der Waals surface area contributed by atoms with Crippen molar-refractivity contribution in [2.24, 2.45) is 0 Å². The van der Waals surface area contributed by atoms with Gasteiger partial charge in [-0.05, 0) is 86.3 Å². The molecule has 0 radical (unpaired) electrons. The van der Waals surface area contributed by atoms with Gasteiger partial charge >= 0.3 is 5.97 Å². The zero-order valence-corrected chi connectivity index (χ0v) is 23.6. The number of aliphatic hydroxyl groups is 2. The van der Waals surface area contributed by atoms with Crippen LogP contribution >= 0.6 is 0 Å². The maximum absolute atomic E-state index is 10.9. The molecule has 0 amide bonds. The maximum atomic E-state index is 10.9. The molecule has 5 nitrogen and oxygen atoms in total. The van der Waals surface area contributed by atoms with Gasteiger partial charge in [0.25, 0.3) is 0 Å². The molecule has 1 fully saturated rings. The van der Waals surface area contributed by atoms with Gasteiger partial charge in [-0.2, -0.15) is 0 Å². The summed E-state index contributed by atoms with van der Waals surface area (Å²) in [6.07, 6.45) is 11.3. The summed E-state index contributed by atoms with van der Waals surface area (Å²) in [4.78, 5) is 10.7. The third kappa shape index (κ3) is 7.48. The van der Waals surface area contributed by atoms with Crippen LogP contribution in [0.3, 0.4) is 0 Å². The number of aliphatic hydroxyl groups excluding tert-OH is 1. The van der Waals surface area contributed by atoms with Crippen LogP contribution in [0.2, 0.25) is 0 Å². The molecule has 1 atom stereocenters. The summed E-state index contributed by atoms with van der Waals surface area (Å²) >= 11 is 0. The highest BCUT2D eigenvalue weighted by molar-refractivity contribution is 5.66. The van der Waals surface area contributed by atoms with E-state index in [1.807, 2.05) is 19.1 Å². The fraction of sp³-hybridized carbons (Fsp3) is 0.545. The number of carboxylic acids is 1. The summed E-state index contributed by atoms with van der Waals surface area (Å²) in [5.41, 5.74) is 5.10. The van der Waals surface area contributed by atoms with Crippen LogP contribution in [-0.4, -0.2) is 39.6 Å². The first-order valence-electron chi connectivity index (χ1n) is 14.3. The molecule has 1 aliphatic carbocycles. The summed E-state index contributed by atoms with van der Waals surface area (Å²) in [7, 11) is 0. The molecule has 208 valence electrons. The number of hydrogen-bond acceptors (Lipinski definition) is 4. The Balaban J connectivity index is 1.77. The largest absolute Gasteiger partial charge is 0.491 e. The summed E-state index contributed by atoms with van der Waals surface area (Å²) < 4.78 is 5.89. The monoisotopic (exact) mass is 522 g/mol. The van der Waals surface area contributed by atoms with E-state index in [0.717, 1.165) is 55.4 Å². The van der Waals surface area contributed by atoms with E-state index < -0.39 is 17.7 Å². The van der Waals surface area contributed by atoms with Gasteiger partial charge in [0.15, 0.2) is 0 Å². The van der Waals surface area contributed by atoms with Crippen LogP contribution in [0.5, 0.6) is 5.75 Å². The van der Waals surface area contributed by atoms with Crippen molar-refractivity contribution in [2.45, 2.75) is 109 Å². The number of aliphatic carboxylic acids is 1. The lowest BCUT2D eigenvalue weighted by Gasteiger charge is -2.34. The van der Waals surface area contributed by atoms with E-state index in [9.17, 15) is 15.0 Å². The van der Waals surface area contributed by atoms with Crippen LogP contribution in [-0.2, 0) is 10.2 Å². The van der Waals surface area contributed by atoms with Gasteiger partial charge in [-0.1, -0.05) is 75.6 Å². The van der Waals surface area contributed by atoms with Crippen molar-refractivity contribution in [2.75, 3.05) is 6.61 Å². The van der Waals surface area contributed by atoms with E-state index >= 15 is 0 Å². The van der Waals surface area contributed by atoms with E-state index in [4.69, 9.17) is 9.84 Å². The van der Waals surface area contributed by atoms with Crippen LogP contribution < -0.4 is 4.74 Å². The number of carbonyl (C=O) groups is 1. The van der Waals surface area contributed by atoms with Gasteiger partial charge in [-0.15, -0.1) is 0 Å². The highest BCUT2D eigenvalue weighted by atomic mass is 16.5. The Morgan fingerprint density at radius 1 is 1.03 bits per heavy atom. The Bertz CT molecular complexity index is 1090. The molecule has 0 heterocycles. The van der Waals surface area contributed by atoms with Crippen LogP contribution in [0.25, 0.3) is 6.08 Å². The zero-order chi connectivity index (χ0) is 27.8. The molecule has 0 aromatic heterocycles. The van der Waals surface area contributed by atoms with Crippen LogP contribution in [0.4, 0.5) is 0 Å². The van der Waals surface area contributed by atoms with Crippen molar-refractivity contribution in [3.63, 3.8) is 0 Å². The Morgan fingerprint density at radius 3 is 2.24 bits per heavy atom. The quantitative estimate of drug-likeness (QED) is 0.261. The predicted molar refractivity (Wildman–Crippen MR) is 154 cm³/mol. The number of benzene rings is 2. The highest BCUT2D eigenvalue weighted by Gasteiger charge is 2.31. The van der Waals surface area contributed by atoms with Gasteiger partial charge in [0, 0.05) is 11.8 Å². The lowest BCUT2D eigenvalue weighted by molar-refractivity contribution is -0.137. The molecular formula is C33H46O5. The maximum Gasteiger partial charge on any atom is 0.303 e. The SMILES string of the molecule is CCC(CC)(c1ccc(C=CC2(O)CCCCC2)c(C)c1)c1ccc(OCC(O)CCCC(=O)O)c(C)c1. The average Bonchev–Trinajstić information content (AvgIpc) is 2.89. The molecular weight excluding hydrogens is 476 g/mol. The second kappa shape index (κ2) is 13.4. The average molecular weight is 523 g/mol. The molecule has 3 N–H and O–H groups in total. The van der Waals surface area contributed by atoms with Crippen molar-refractivity contribution < 1.29 is 24.9 Å². The summed E-state index contributed by atoms with van der Waals surface area (Å²) in [5, 5.41) is 29.8. The number of rotatable bonds is 13. The molecule has 5 heteroatoms. The third-order valence-electron chi connectivity index (χ3n) is 8.41. The van der Waals surface area contributed by atoms with E-state index in [0.29, 0.717) is 12.8 Å². The van der Waals surface area contributed by atoms with Crippen molar-refractivity contribution in [3.8, 4) is 5.75 Å². The molecule has 1 aliphatic rings. The minimum atomic E-state index is -0.848. The summed E-state index contributed by atoms with van der Waals surface area (Å²) in [5.74, 6) is -0.108. The molecule has 38 heavy (non-hydrogen) atoms. The molecule has 3 rings (SSSR count). The van der Waals surface area contributed by atoms with Gasteiger partial charge in [-0.3, -0.25) is 4.79 Å². The van der Waals surface area contributed by atoms with Crippen LogP contribution in [0, 0.1) is 13.8 Å². The summed E-state index contributed by atoms with van der Waals surface area (Å²) in [6.45, 7) is 8.79. The Hall–Kier alpha value is -2.63. The zero-order valence-electron chi connectivity index (χ0n) is 23.6. The third-order valence-corrected chi connectivity index (χ3v) is 8.41. The number of aryl methyl sites for hydroxylation is 2. The number of hydrogen-bond donors (Lipinski definition) is 3. The normalized spacial score (nSPS) is 16.5. The lowest BCUT2D eigenvalue weighted by atomic mass is 9.70. The number of carboxylic acid groups (broad SMARTS) is 1. The second-order valence-electron chi connectivity index (χ2n) is 11.1. The Morgan fingerprint density at radius 2 is 1.66 bits per heavy atom. The molecule has 0 bridgehead atoms. The first kappa shape index (κ1) is 29.9. The smallest absolute Gasteiger partial charge is 0.303 e. The van der Waals surface area contributed by atoms with Crippen LogP contribution in [0.1, 0.15) is 106 Å². The summed E-state index contributed by atoms with van der Waals surface area (Å²) in [6, 6.07) is 13.0. The number of ether oxygens (including phenoxy) is 1. The molecule has 2 aromatic rings. The fourth-order valence-electron chi connectivity index (χ4n) is 5.84. The van der Waals surface area contributed by atoms with E-state index in [-0.39, 0.29) is 18.4 Å². The Kier molecular flexibility index (Phi) is 10.6. The van der Waals surface area contributed by atoms with Gasteiger partial charge in [-0.25, -0.2) is 0 Å². The van der Waals surface area contributed by atoms with E-state index in [1.54, 1.807) is 0 Å². The molecule has 0 saturated heterocycles. The molecule has 0 aliphatic heterocycles. The van der Waals surface area contributed by atoms with Crippen molar-refractivity contribution in [1.29, 1.82) is 0 Å².